The molecule has 0 saturated carbocycles. The van der Waals surface area contributed by atoms with Crippen LogP contribution in [0.25, 0.3) is 0 Å². The van der Waals surface area contributed by atoms with E-state index < -0.39 is 34.6 Å². The fourth-order valence-electron chi connectivity index (χ4n) is 6.35. The number of unbranched alkanes of at least 4 members (excludes halogenated alkanes) is 1. The van der Waals surface area contributed by atoms with Gasteiger partial charge in [-0.3, -0.25) is 14.4 Å². The van der Waals surface area contributed by atoms with Gasteiger partial charge in [-0.1, -0.05) is 78.3 Å². The number of aliphatic hydroxyl groups excluding tert-OH is 1. The van der Waals surface area contributed by atoms with E-state index in [1.807, 2.05) is 30.3 Å². The Labute approximate surface area is 237 Å². The van der Waals surface area contributed by atoms with Gasteiger partial charge in [0.25, 0.3) is 0 Å². The van der Waals surface area contributed by atoms with Crippen LogP contribution in [0.4, 0.5) is 0 Å². The Morgan fingerprint density at radius 3 is 2.68 bits per heavy atom. The fourth-order valence-corrected chi connectivity index (χ4v) is 9.93. The summed E-state index contributed by atoms with van der Waals surface area (Å²) in [7, 11) is 0. The molecule has 7 nitrogen and oxygen atoms in total. The first-order chi connectivity index (χ1) is 18.3. The molecule has 4 rings (SSSR count). The van der Waals surface area contributed by atoms with Crippen LogP contribution in [0.15, 0.2) is 55.6 Å². The predicted molar refractivity (Wildman–Crippen MR) is 153 cm³/mol. The summed E-state index contributed by atoms with van der Waals surface area (Å²) in [5.41, 5.74) is 0.964. The van der Waals surface area contributed by atoms with Crippen LogP contribution in [0, 0.1) is 11.8 Å². The topological polar surface area (TPSA) is 87.2 Å². The summed E-state index contributed by atoms with van der Waals surface area (Å²) in [6, 6.07) is 8.25. The van der Waals surface area contributed by atoms with Crippen molar-refractivity contribution in [2.75, 3.05) is 26.3 Å². The van der Waals surface area contributed by atoms with E-state index in [1.165, 1.54) is 6.08 Å². The van der Waals surface area contributed by atoms with Gasteiger partial charge in [-0.2, -0.15) is 0 Å². The van der Waals surface area contributed by atoms with Crippen LogP contribution in [0.1, 0.15) is 31.7 Å². The molecule has 2 bridgehead atoms. The molecule has 0 aromatic heterocycles. The molecule has 0 radical (unpaired) electrons. The van der Waals surface area contributed by atoms with Crippen molar-refractivity contribution in [1.29, 1.82) is 0 Å². The van der Waals surface area contributed by atoms with Crippen molar-refractivity contribution in [3.63, 3.8) is 0 Å². The van der Waals surface area contributed by atoms with Crippen LogP contribution in [-0.2, 0) is 25.5 Å². The smallest absolute Gasteiger partial charge is 0.311 e. The van der Waals surface area contributed by atoms with Crippen molar-refractivity contribution in [3.8, 4) is 0 Å². The molecule has 0 aliphatic carbocycles. The average Bonchev–Trinajstić information content (AvgIpc) is 3.51. The third-order valence-corrected chi connectivity index (χ3v) is 11.2. The molecule has 38 heavy (non-hydrogen) atoms. The lowest BCUT2D eigenvalue weighted by Gasteiger charge is -2.40. The lowest BCUT2D eigenvalue weighted by Crippen LogP contribution is -2.58. The SMILES string of the molecule is C=CCOC(=O)[C@H]1[C@@H]2SC3(CC2Br)C(C(=O)N(CC=C)CCCC)N([C@@H](CO)Cc2ccccc2)C(=O)[C@H]13. The van der Waals surface area contributed by atoms with Crippen LogP contribution in [0.3, 0.4) is 0 Å². The summed E-state index contributed by atoms with van der Waals surface area (Å²) in [5, 5.41) is 10.4. The monoisotopic (exact) mass is 604 g/mol. The Balaban J connectivity index is 1.78. The van der Waals surface area contributed by atoms with E-state index in [2.05, 4.69) is 36.0 Å². The number of thioether (sulfide) groups is 1. The van der Waals surface area contributed by atoms with Gasteiger partial charge in [-0.05, 0) is 24.8 Å². The standard InChI is InChI=1S/C29H37BrN2O5S/c1-4-7-14-31(13-5-2)27(35)25-29-17-21(30)24(38-29)22(28(36)37-15-6-3)23(29)26(34)32(25)20(18-33)16-19-11-9-8-10-12-19/h5-6,8-12,20-25,33H,2-4,7,13-18H2,1H3/t20-,21?,22-,23+,24-,25?,29?/m1/s1. The minimum atomic E-state index is -0.801. The Kier molecular flexibility index (Phi) is 9.42. The third-order valence-electron chi connectivity index (χ3n) is 7.94. The molecule has 1 aromatic rings. The maximum atomic E-state index is 14.4. The van der Waals surface area contributed by atoms with Gasteiger partial charge in [-0.15, -0.1) is 18.3 Å². The zero-order valence-electron chi connectivity index (χ0n) is 21.8. The number of carbonyl (C=O) groups excluding carboxylic acids is 3. The highest BCUT2D eigenvalue weighted by Gasteiger charge is 2.76. The largest absolute Gasteiger partial charge is 0.461 e. The first kappa shape index (κ1) is 28.9. The molecule has 3 aliphatic heterocycles. The van der Waals surface area contributed by atoms with Gasteiger partial charge in [0.1, 0.15) is 12.6 Å². The van der Waals surface area contributed by atoms with Gasteiger partial charge in [0.2, 0.25) is 11.8 Å². The second-order valence-corrected chi connectivity index (χ2v) is 13.0. The summed E-state index contributed by atoms with van der Waals surface area (Å²) >= 11 is 5.34. The lowest BCUT2D eigenvalue weighted by atomic mass is 9.71. The first-order valence-corrected chi connectivity index (χ1v) is 15.1. The third kappa shape index (κ3) is 5.09. The first-order valence-electron chi connectivity index (χ1n) is 13.3. The molecule has 2 amide bonds. The molecule has 3 fully saturated rings. The maximum Gasteiger partial charge on any atom is 0.311 e. The zero-order chi connectivity index (χ0) is 27.4. The second-order valence-electron chi connectivity index (χ2n) is 10.3. The van der Waals surface area contributed by atoms with Crippen molar-refractivity contribution in [3.05, 3.63) is 61.2 Å². The van der Waals surface area contributed by atoms with Crippen LogP contribution >= 0.6 is 27.7 Å². The summed E-state index contributed by atoms with van der Waals surface area (Å²) in [5.74, 6) is -2.20. The zero-order valence-corrected chi connectivity index (χ0v) is 24.2. The normalized spacial score (nSPS) is 30.1. The van der Waals surface area contributed by atoms with Crippen LogP contribution in [0.2, 0.25) is 0 Å². The highest BCUT2D eigenvalue weighted by Crippen LogP contribution is 2.68. The van der Waals surface area contributed by atoms with Crippen molar-refractivity contribution >= 4 is 45.5 Å². The molecular weight excluding hydrogens is 568 g/mol. The van der Waals surface area contributed by atoms with Crippen LogP contribution in [-0.4, -0.2) is 85.9 Å². The lowest BCUT2D eigenvalue weighted by molar-refractivity contribution is -0.153. The number of ether oxygens (including phenoxy) is 1. The van der Waals surface area contributed by atoms with E-state index in [1.54, 1.807) is 27.6 Å². The summed E-state index contributed by atoms with van der Waals surface area (Å²) in [6.45, 7) is 10.3. The Bertz CT molecular complexity index is 1050. The number of halogens is 1. The van der Waals surface area contributed by atoms with Crippen LogP contribution < -0.4 is 0 Å². The second kappa shape index (κ2) is 12.4. The van der Waals surface area contributed by atoms with E-state index in [4.69, 9.17) is 4.74 Å². The molecule has 1 spiro atoms. The summed E-state index contributed by atoms with van der Waals surface area (Å²) in [6.07, 6.45) is 5.96. The van der Waals surface area contributed by atoms with E-state index in [-0.39, 0.29) is 35.1 Å². The molecule has 3 saturated heterocycles. The number of alkyl halides is 1. The highest BCUT2D eigenvalue weighted by molar-refractivity contribution is 9.09. The molecule has 1 N–H and O–H groups in total. The molecule has 1 aromatic carbocycles. The molecule has 206 valence electrons. The Morgan fingerprint density at radius 1 is 1.32 bits per heavy atom. The van der Waals surface area contributed by atoms with E-state index in [0.717, 1.165) is 18.4 Å². The number of amides is 2. The number of carbonyl (C=O) groups is 3. The van der Waals surface area contributed by atoms with Gasteiger partial charge >= 0.3 is 5.97 Å². The molecular formula is C29H37BrN2O5S. The highest BCUT2D eigenvalue weighted by atomic mass is 79.9. The van der Waals surface area contributed by atoms with Crippen molar-refractivity contribution in [2.45, 2.75) is 59.5 Å². The number of aliphatic hydroxyl groups is 1. The van der Waals surface area contributed by atoms with Gasteiger partial charge in [-0.25, -0.2) is 0 Å². The molecule has 3 heterocycles. The van der Waals surface area contributed by atoms with Crippen molar-refractivity contribution in [1.82, 2.24) is 9.80 Å². The van der Waals surface area contributed by atoms with Crippen molar-refractivity contribution in [2.24, 2.45) is 11.8 Å². The number of benzene rings is 1. The van der Waals surface area contributed by atoms with Gasteiger partial charge < -0.3 is 19.6 Å². The van der Waals surface area contributed by atoms with E-state index >= 15 is 0 Å². The maximum absolute atomic E-state index is 14.4. The number of fused-ring (bicyclic) bond motifs is 1. The van der Waals surface area contributed by atoms with E-state index in [9.17, 15) is 19.5 Å². The van der Waals surface area contributed by atoms with Gasteiger partial charge in [0, 0.05) is 23.2 Å². The van der Waals surface area contributed by atoms with Crippen LogP contribution in [0.5, 0.6) is 0 Å². The number of likely N-dealkylation sites (tertiary alicyclic amines) is 1. The fraction of sp³-hybridized carbons (Fsp3) is 0.552. The minimum absolute atomic E-state index is 0.0433. The van der Waals surface area contributed by atoms with Crippen molar-refractivity contribution < 1.29 is 24.2 Å². The summed E-state index contributed by atoms with van der Waals surface area (Å²) < 4.78 is 4.67. The Morgan fingerprint density at radius 2 is 2.05 bits per heavy atom. The average molecular weight is 606 g/mol. The Hall–Kier alpha value is -2.10. The molecule has 9 heteroatoms. The molecule has 3 unspecified atom stereocenters. The molecule has 7 atom stereocenters. The summed E-state index contributed by atoms with van der Waals surface area (Å²) in [4.78, 5) is 45.4. The minimum Gasteiger partial charge on any atom is -0.461 e. The number of hydrogen-bond donors (Lipinski definition) is 1. The quantitative estimate of drug-likeness (QED) is 0.210. The number of esters is 1. The predicted octanol–water partition coefficient (Wildman–Crippen LogP) is 3.60. The number of rotatable bonds is 13. The number of hydrogen-bond acceptors (Lipinski definition) is 6. The molecule has 3 aliphatic rings. The van der Waals surface area contributed by atoms with E-state index in [0.29, 0.717) is 25.9 Å². The van der Waals surface area contributed by atoms with Gasteiger partial charge in [0.15, 0.2) is 0 Å². The number of nitrogens with zero attached hydrogens (tertiary/aromatic N) is 2. The van der Waals surface area contributed by atoms with Gasteiger partial charge in [0.05, 0.1) is 29.2 Å².